The molecule has 2 nitrogen and oxygen atoms in total. The lowest BCUT2D eigenvalue weighted by Gasteiger charge is -2.29. The first-order chi connectivity index (χ1) is 13.0. The van der Waals surface area contributed by atoms with E-state index in [1.807, 2.05) is 37.3 Å². The van der Waals surface area contributed by atoms with Crippen molar-refractivity contribution in [2.24, 2.45) is 0 Å². The van der Waals surface area contributed by atoms with Gasteiger partial charge in [0.25, 0.3) is 0 Å². The number of hydrogen-bond acceptors (Lipinski definition) is 2. The van der Waals surface area contributed by atoms with E-state index >= 15 is 0 Å². The van der Waals surface area contributed by atoms with E-state index in [-0.39, 0.29) is 12.1 Å². The second kappa shape index (κ2) is 9.20. The minimum atomic E-state index is -4.70. The van der Waals surface area contributed by atoms with Crippen molar-refractivity contribution in [3.63, 3.8) is 0 Å². The highest BCUT2D eigenvalue weighted by Crippen LogP contribution is 2.33. The first kappa shape index (κ1) is 22.6. The van der Waals surface area contributed by atoms with Crippen LogP contribution in [0.5, 0.6) is 0 Å². The van der Waals surface area contributed by atoms with Gasteiger partial charge in [-0.15, -0.1) is 0 Å². The van der Waals surface area contributed by atoms with Gasteiger partial charge in [-0.2, -0.15) is 13.2 Å². The zero-order valence-electron chi connectivity index (χ0n) is 16.6. The quantitative estimate of drug-likeness (QED) is 0.395. The van der Waals surface area contributed by atoms with E-state index in [9.17, 15) is 17.6 Å². The van der Waals surface area contributed by atoms with Crippen LogP contribution < -0.4 is 5.32 Å². The summed E-state index contributed by atoms with van der Waals surface area (Å²) >= 11 is 0. The lowest BCUT2D eigenvalue weighted by Crippen LogP contribution is -2.34. The van der Waals surface area contributed by atoms with Gasteiger partial charge in [0.1, 0.15) is 5.82 Å². The van der Waals surface area contributed by atoms with Crippen molar-refractivity contribution in [3.8, 4) is 0 Å². The molecule has 2 rings (SSSR count). The van der Waals surface area contributed by atoms with Gasteiger partial charge in [0, 0.05) is 6.04 Å². The fourth-order valence-corrected chi connectivity index (χ4v) is 3.60. The molecule has 0 amide bonds. The minimum Gasteiger partial charge on any atom is -0.416 e. The van der Waals surface area contributed by atoms with Crippen molar-refractivity contribution in [2.75, 3.05) is 6.61 Å². The van der Waals surface area contributed by atoms with E-state index in [1.165, 1.54) is 6.07 Å². The Kier molecular flexibility index (Phi) is 7.42. The molecule has 2 atom stereocenters. The van der Waals surface area contributed by atoms with Gasteiger partial charge in [-0.25, -0.2) is 4.39 Å². The molecule has 1 N–H and O–H groups in total. The van der Waals surface area contributed by atoms with E-state index in [0.29, 0.717) is 18.6 Å². The van der Waals surface area contributed by atoms with Crippen LogP contribution in [0.25, 0.3) is 0 Å². The normalized spacial score (nSPS) is 14.7. The predicted molar refractivity (Wildman–Crippen MR) is 106 cm³/mol. The summed E-state index contributed by atoms with van der Waals surface area (Å²) in [4.78, 5) is 0. The maximum absolute atomic E-state index is 14.0. The van der Waals surface area contributed by atoms with Crippen molar-refractivity contribution < 1.29 is 22.0 Å². The number of nitrogens with one attached hydrogen (secondary N) is 1. The molecule has 28 heavy (non-hydrogen) atoms. The monoisotopic (exact) mass is 413 g/mol. The van der Waals surface area contributed by atoms with Crippen LogP contribution in [0.1, 0.15) is 42.1 Å². The van der Waals surface area contributed by atoms with Gasteiger partial charge in [0.05, 0.1) is 18.2 Å². The van der Waals surface area contributed by atoms with Gasteiger partial charge in [-0.3, -0.25) is 0 Å². The lowest BCUT2D eigenvalue weighted by atomic mass is 9.99. The van der Waals surface area contributed by atoms with Gasteiger partial charge in [-0.1, -0.05) is 43.3 Å². The number of halogens is 4. The third-order valence-electron chi connectivity index (χ3n) is 4.40. The number of hydrogen-bond donors (Lipinski definition) is 1. The van der Waals surface area contributed by atoms with E-state index < -0.39 is 25.9 Å². The Morgan fingerprint density at radius 3 is 2.11 bits per heavy atom. The molecule has 2 aromatic carbocycles. The Hall–Kier alpha value is -1.70. The molecular weight excluding hydrogens is 386 g/mol. The molecule has 0 saturated heterocycles. The molecule has 0 radical (unpaired) electrons. The molecule has 0 aromatic heterocycles. The molecule has 0 spiro atoms. The predicted octanol–water partition coefficient (Wildman–Crippen LogP) is 6.48. The topological polar surface area (TPSA) is 21.3 Å². The minimum absolute atomic E-state index is 0.150. The van der Waals surface area contributed by atoms with Gasteiger partial charge in [-0.05, 0) is 49.3 Å². The first-order valence-electron chi connectivity index (χ1n) is 9.33. The van der Waals surface area contributed by atoms with Crippen LogP contribution in [-0.4, -0.2) is 14.9 Å². The Balaban J connectivity index is 2.26. The van der Waals surface area contributed by atoms with Crippen molar-refractivity contribution in [3.05, 3.63) is 71.0 Å². The van der Waals surface area contributed by atoms with E-state index in [0.717, 1.165) is 17.7 Å². The van der Waals surface area contributed by atoms with Crippen molar-refractivity contribution in [1.82, 2.24) is 5.32 Å². The van der Waals surface area contributed by atoms with E-state index in [2.05, 4.69) is 25.0 Å². The van der Waals surface area contributed by atoms with Crippen LogP contribution in [0, 0.1) is 5.82 Å². The highest BCUT2D eigenvalue weighted by molar-refractivity contribution is 6.69. The SMILES string of the molecule is CC[C@H](N[C@H](CO[Si](C)(C)C)c1ccccc1)c1ccc(C(F)(F)F)c(F)c1. The molecule has 7 heteroatoms. The number of benzene rings is 2. The Bertz CT molecular complexity index is 759. The summed E-state index contributed by atoms with van der Waals surface area (Å²) in [7, 11) is -1.76. The van der Waals surface area contributed by atoms with Crippen LogP contribution in [0.15, 0.2) is 48.5 Å². The second-order valence-corrected chi connectivity index (χ2v) is 12.3. The summed E-state index contributed by atoms with van der Waals surface area (Å²) in [5.74, 6) is -1.25. The van der Waals surface area contributed by atoms with Crippen molar-refractivity contribution in [2.45, 2.75) is 51.2 Å². The van der Waals surface area contributed by atoms with Crippen LogP contribution >= 0.6 is 0 Å². The van der Waals surface area contributed by atoms with Crippen LogP contribution in [0.4, 0.5) is 17.6 Å². The second-order valence-electron chi connectivity index (χ2n) is 7.75. The molecule has 0 heterocycles. The molecular formula is C21H27F4NOSi. The standard InChI is InChI=1S/C21H27F4NOSi/c1-5-19(16-11-12-17(18(22)13-16)21(23,24)25)26-20(14-27-28(2,3)4)15-9-7-6-8-10-15/h6-13,19-20,26H,5,14H2,1-4H3/t19-,20+/m0/s1. The highest BCUT2D eigenvalue weighted by atomic mass is 28.4. The summed E-state index contributed by atoms with van der Waals surface area (Å²) in [6, 6.07) is 12.4. The summed E-state index contributed by atoms with van der Waals surface area (Å²) in [6.07, 6.45) is -4.10. The zero-order chi connectivity index (χ0) is 20.9. The van der Waals surface area contributed by atoms with Crippen LogP contribution in [0.2, 0.25) is 19.6 Å². The molecule has 0 unspecified atom stereocenters. The van der Waals surface area contributed by atoms with Crippen molar-refractivity contribution in [1.29, 1.82) is 0 Å². The summed E-state index contributed by atoms with van der Waals surface area (Å²) in [6.45, 7) is 8.64. The molecule has 154 valence electrons. The zero-order valence-corrected chi connectivity index (χ0v) is 17.6. The molecule has 0 bridgehead atoms. The van der Waals surface area contributed by atoms with Gasteiger partial charge in [0.15, 0.2) is 8.32 Å². The molecule has 0 aliphatic rings. The molecule has 0 aliphatic carbocycles. The molecule has 2 aromatic rings. The smallest absolute Gasteiger partial charge is 0.416 e. The Labute approximate surface area is 165 Å². The van der Waals surface area contributed by atoms with Gasteiger partial charge >= 0.3 is 6.18 Å². The third-order valence-corrected chi connectivity index (χ3v) is 5.43. The first-order valence-corrected chi connectivity index (χ1v) is 12.7. The lowest BCUT2D eigenvalue weighted by molar-refractivity contribution is -0.140. The number of rotatable bonds is 8. The largest absolute Gasteiger partial charge is 0.419 e. The third kappa shape index (κ3) is 6.43. The average Bonchev–Trinajstić information content (AvgIpc) is 2.60. The summed E-state index contributed by atoms with van der Waals surface area (Å²) in [5.41, 5.74) is 0.265. The van der Waals surface area contributed by atoms with Crippen LogP contribution in [-0.2, 0) is 10.6 Å². The average molecular weight is 414 g/mol. The fourth-order valence-electron chi connectivity index (χ4n) is 2.93. The Morgan fingerprint density at radius 1 is 0.964 bits per heavy atom. The highest BCUT2D eigenvalue weighted by Gasteiger charge is 2.34. The maximum Gasteiger partial charge on any atom is 0.419 e. The maximum atomic E-state index is 14.0. The fraction of sp³-hybridized carbons (Fsp3) is 0.429. The van der Waals surface area contributed by atoms with Crippen molar-refractivity contribution >= 4 is 8.32 Å². The Morgan fingerprint density at radius 2 is 1.61 bits per heavy atom. The van der Waals surface area contributed by atoms with E-state index in [1.54, 1.807) is 0 Å². The molecule has 0 aliphatic heterocycles. The van der Waals surface area contributed by atoms with Gasteiger partial charge in [0.2, 0.25) is 0 Å². The summed E-state index contributed by atoms with van der Waals surface area (Å²) < 4.78 is 58.6. The molecule has 0 saturated carbocycles. The summed E-state index contributed by atoms with van der Waals surface area (Å²) in [5, 5.41) is 3.44. The van der Waals surface area contributed by atoms with E-state index in [4.69, 9.17) is 4.43 Å². The molecule has 0 fully saturated rings. The van der Waals surface area contributed by atoms with Crippen LogP contribution in [0.3, 0.4) is 0 Å². The number of alkyl halides is 3. The van der Waals surface area contributed by atoms with Gasteiger partial charge < -0.3 is 9.74 Å².